The van der Waals surface area contributed by atoms with E-state index in [1.54, 1.807) is 20.2 Å². The van der Waals surface area contributed by atoms with E-state index in [2.05, 4.69) is 32.1 Å². The number of likely N-dealkylation sites (N-methyl/N-ethyl adjacent to an activating group) is 1. The molecule has 148 valence electrons. The average Bonchev–Trinajstić information content (AvgIpc) is 2.64. The molecule has 0 aliphatic carbocycles. The lowest BCUT2D eigenvalue weighted by Crippen LogP contribution is -2.53. The highest BCUT2D eigenvalue weighted by Gasteiger charge is 2.21. The number of halogens is 2. The van der Waals surface area contributed by atoms with Gasteiger partial charge in [-0.05, 0) is 19.2 Å². The van der Waals surface area contributed by atoms with Crippen molar-refractivity contribution in [1.29, 1.82) is 0 Å². The molecule has 1 aromatic rings. The molecule has 0 aromatic heterocycles. The lowest BCUT2D eigenvalue weighted by Gasteiger charge is -2.37. The van der Waals surface area contributed by atoms with E-state index in [-0.39, 0.29) is 29.8 Å². The Morgan fingerprint density at radius 3 is 2.54 bits per heavy atom. The van der Waals surface area contributed by atoms with Crippen LogP contribution in [0.1, 0.15) is 0 Å². The molecule has 8 heteroatoms. The van der Waals surface area contributed by atoms with Crippen LogP contribution in [0.25, 0.3) is 0 Å². The Labute approximate surface area is 173 Å². The van der Waals surface area contributed by atoms with Gasteiger partial charge in [0, 0.05) is 60.0 Å². The first kappa shape index (κ1) is 22.9. The summed E-state index contributed by atoms with van der Waals surface area (Å²) in [7, 11) is 5.60. The highest BCUT2D eigenvalue weighted by Crippen LogP contribution is 2.20. The first-order valence-corrected chi connectivity index (χ1v) is 8.78. The average molecular weight is 479 g/mol. The summed E-state index contributed by atoms with van der Waals surface area (Å²) in [4.78, 5) is 10.9. The van der Waals surface area contributed by atoms with E-state index in [4.69, 9.17) is 4.74 Å². The largest absolute Gasteiger partial charge is 0.383 e. The number of aliphatic imine (C=N–C) groups is 1. The van der Waals surface area contributed by atoms with Crippen molar-refractivity contribution < 1.29 is 9.13 Å². The van der Waals surface area contributed by atoms with Crippen LogP contribution in [0.15, 0.2) is 29.3 Å². The summed E-state index contributed by atoms with van der Waals surface area (Å²) >= 11 is 0. The third kappa shape index (κ3) is 6.88. The number of methoxy groups -OCH3 is 1. The molecule has 0 amide bonds. The van der Waals surface area contributed by atoms with Gasteiger partial charge in [0.15, 0.2) is 5.96 Å². The summed E-state index contributed by atoms with van der Waals surface area (Å²) in [6.07, 6.45) is 0. The van der Waals surface area contributed by atoms with Gasteiger partial charge in [0.1, 0.15) is 5.82 Å². The van der Waals surface area contributed by atoms with Crippen LogP contribution in [0.4, 0.5) is 10.1 Å². The number of hydrogen-bond donors (Lipinski definition) is 1. The fraction of sp³-hybridized carbons (Fsp3) is 0.611. The van der Waals surface area contributed by atoms with Gasteiger partial charge in [0.2, 0.25) is 0 Å². The van der Waals surface area contributed by atoms with Crippen molar-refractivity contribution in [3.05, 3.63) is 30.1 Å². The number of anilines is 1. The summed E-state index contributed by atoms with van der Waals surface area (Å²) < 4.78 is 19.0. The number of hydrogen-bond acceptors (Lipinski definition) is 4. The SMILES string of the molecule is CN=C(NCCN(C)CCOC)N1CCN(c2ccccc2F)CC1.I. The zero-order chi connectivity index (χ0) is 18.1. The van der Waals surface area contributed by atoms with Gasteiger partial charge < -0.3 is 24.8 Å². The number of nitrogens with one attached hydrogen (secondary N) is 1. The summed E-state index contributed by atoms with van der Waals surface area (Å²) in [6, 6.07) is 6.96. The van der Waals surface area contributed by atoms with Crippen LogP contribution in [0.3, 0.4) is 0 Å². The first-order chi connectivity index (χ1) is 12.2. The molecular weight excluding hydrogens is 448 g/mol. The minimum atomic E-state index is -0.155. The van der Waals surface area contributed by atoms with Gasteiger partial charge in [-0.2, -0.15) is 0 Å². The molecule has 0 atom stereocenters. The fourth-order valence-corrected chi connectivity index (χ4v) is 2.92. The quantitative estimate of drug-likeness (QED) is 0.367. The molecule has 26 heavy (non-hydrogen) atoms. The highest BCUT2D eigenvalue weighted by atomic mass is 127. The molecule has 0 radical (unpaired) electrons. The van der Waals surface area contributed by atoms with Crippen molar-refractivity contribution in [3.63, 3.8) is 0 Å². The smallest absolute Gasteiger partial charge is 0.193 e. The Bertz CT molecular complexity index is 552. The summed E-state index contributed by atoms with van der Waals surface area (Å²) in [5.41, 5.74) is 0.685. The Morgan fingerprint density at radius 2 is 1.92 bits per heavy atom. The maximum Gasteiger partial charge on any atom is 0.193 e. The van der Waals surface area contributed by atoms with Crippen LogP contribution in [-0.2, 0) is 4.74 Å². The molecule has 1 heterocycles. The molecule has 1 aromatic carbocycles. The number of nitrogens with zero attached hydrogens (tertiary/aromatic N) is 4. The van der Waals surface area contributed by atoms with Gasteiger partial charge in [-0.25, -0.2) is 4.39 Å². The van der Waals surface area contributed by atoms with Gasteiger partial charge in [-0.1, -0.05) is 12.1 Å². The normalized spacial score (nSPS) is 15.2. The lowest BCUT2D eigenvalue weighted by molar-refractivity contribution is 0.162. The summed E-state index contributed by atoms with van der Waals surface area (Å²) in [5, 5.41) is 3.41. The van der Waals surface area contributed by atoms with E-state index in [0.29, 0.717) is 5.69 Å². The Balaban J connectivity index is 0.00000338. The van der Waals surface area contributed by atoms with E-state index in [1.165, 1.54) is 6.07 Å². The van der Waals surface area contributed by atoms with E-state index in [0.717, 1.165) is 58.4 Å². The third-order valence-electron chi connectivity index (χ3n) is 4.44. The van der Waals surface area contributed by atoms with Crippen molar-refractivity contribution in [3.8, 4) is 0 Å². The number of piperazine rings is 1. The van der Waals surface area contributed by atoms with Gasteiger partial charge in [0.25, 0.3) is 0 Å². The minimum absolute atomic E-state index is 0. The van der Waals surface area contributed by atoms with Crippen molar-refractivity contribution in [2.45, 2.75) is 0 Å². The second kappa shape index (κ2) is 12.3. The van der Waals surface area contributed by atoms with Crippen molar-refractivity contribution in [1.82, 2.24) is 15.1 Å². The van der Waals surface area contributed by atoms with Crippen molar-refractivity contribution in [2.24, 2.45) is 4.99 Å². The predicted molar refractivity (Wildman–Crippen MR) is 116 cm³/mol. The van der Waals surface area contributed by atoms with Crippen LogP contribution in [0.5, 0.6) is 0 Å². The number of benzene rings is 1. The van der Waals surface area contributed by atoms with Crippen LogP contribution < -0.4 is 10.2 Å². The lowest BCUT2D eigenvalue weighted by atomic mass is 10.2. The maximum absolute atomic E-state index is 13.9. The Hall–Kier alpha value is -1.13. The molecule has 0 unspecified atom stereocenters. The second-order valence-corrected chi connectivity index (χ2v) is 6.20. The van der Waals surface area contributed by atoms with E-state index in [1.807, 2.05) is 12.1 Å². The van der Waals surface area contributed by atoms with Gasteiger partial charge in [-0.15, -0.1) is 24.0 Å². The number of ether oxygens (including phenoxy) is 1. The van der Waals surface area contributed by atoms with E-state index < -0.39 is 0 Å². The molecule has 2 rings (SSSR count). The minimum Gasteiger partial charge on any atom is -0.383 e. The van der Waals surface area contributed by atoms with Gasteiger partial charge >= 0.3 is 0 Å². The monoisotopic (exact) mass is 479 g/mol. The zero-order valence-electron chi connectivity index (χ0n) is 15.9. The molecular formula is C18H31FIN5O. The Kier molecular flexibility index (Phi) is 10.8. The second-order valence-electron chi connectivity index (χ2n) is 6.20. The fourth-order valence-electron chi connectivity index (χ4n) is 2.92. The molecule has 6 nitrogen and oxygen atoms in total. The van der Waals surface area contributed by atoms with Gasteiger partial charge in [0.05, 0.1) is 12.3 Å². The summed E-state index contributed by atoms with van der Waals surface area (Å²) in [5.74, 6) is 0.755. The Morgan fingerprint density at radius 1 is 1.23 bits per heavy atom. The number of guanidine groups is 1. The van der Waals surface area contributed by atoms with Crippen LogP contribution in [-0.4, -0.2) is 89.4 Å². The third-order valence-corrected chi connectivity index (χ3v) is 4.44. The number of rotatable bonds is 7. The molecule has 0 bridgehead atoms. The standard InChI is InChI=1S/C18H30FN5O.HI/c1-20-18(21-8-9-22(2)14-15-25-3)24-12-10-23(11-13-24)17-7-5-4-6-16(17)19;/h4-7H,8-15H2,1-3H3,(H,20,21);1H. The van der Waals surface area contributed by atoms with E-state index >= 15 is 0 Å². The molecule has 0 spiro atoms. The summed E-state index contributed by atoms with van der Waals surface area (Å²) in [6.45, 7) is 6.64. The topological polar surface area (TPSA) is 43.3 Å². The zero-order valence-corrected chi connectivity index (χ0v) is 18.3. The molecule has 1 saturated heterocycles. The molecule has 1 aliphatic heterocycles. The van der Waals surface area contributed by atoms with Crippen molar-refractivity contribution >= 4 is 35.6 Å². The molecule has 1 aliphatic rings. The van der Waals surface area contributed by atoms with E-state index in [9.17, 15) is 4.39 Å². The molecule has 1 N–H and O–H groups in total. The van der Waals surface area contributed by atoms with Crippen LogP contribution in [0, 0.1) is 5.82 Å². The van der Waals surface area contributed by atoms with Crippen LogP contribution in [0.2, 0.25) is 0 Å². The predicted octanol–water partition coefficient (Wildman–Crippen LogP) is 1.72. The maximum atomic E-state index is 13.9. The van der Waals surface area contributed by atoms with Gasteiger partial charge in [-0.3, -0.25) is 4.99 Å². The van der Waals surface area contributed by atoms with Crippen molar-refractivity contribution in [2.75, 3.05) is 78.5 Å². The molecule has 0 saturated carbocycles. The molecule has 1 fully saturated rings. The number of para-hydroxylation sites is 1. The highest BCUT2D eigenvalue weighted by molar-refractivity contribution is 14.0. The first-order valence-electron chi connectivity index (χ1n) is 8.78. The van der Waals surface area contributed by atoms with Crippen LogP contribution >= 0.6 is 24.0 Å².